The van der Waals surface area contributed by atoms with E-state index in [4.69, 9.17) is 5.73 Å². The summed E-state index contributed by atoms with van der Waals surface area (Å²) in [6, 6.07) is 0. The molecule has 0 bridgehead atoms. The van der Waals surface area contributed by atoms with Gasteiger partial charge in [-0.2, -0.15) is 0 Å². The third kappa shape index (κ3) is 4.08. The highest BCUT2D eigenvalue weighted by atomic mass is 35.5. The molecular formula is C12H25ClN2O2S. The molecular weight excluding hydrogens is 272 g/mol. The Bertz CT molecular complexity index is 344. The predicted octanol–water partition coefficient (Wildman–Crippen LogP) is 1.60. The van der Waals surface area contributed by atoms with Crippen molar-refractivity contribution in [1.82, 2.24) is 4.31 Å². The number of rotatable bonds is 5. The summed E-state index contributed by atoms with van der Waals surface area (Å²) in [7, 11) is -3.02. The van der Waals surface area contributed by atoms with Crippen LogP contribution >= 0.6 is 12.4 Å². The molecule has 0 spiro atoms. The quantitative estimate of drug-likeness (QED) is 0.838. The molecule has 2 aliphatic rings. The zero-order valence-corrected chi connectivity index (χ0v) is 12.5. The van der Waals surface area contributed by atoms with E-state index < -0.39 is 10.0 Å². The second kappa shape index (κ2) is 7.08. The first-order valence-electron chi connectivity index (χ1n) is 6.79. The summed E-state index contributed by atoms with van der Waals surface area (Å²) in [5, 5.41) is 0. The number of halogens is 1. The van der Waals surface area contributed by atoms with E-state index in [1.165, 1.54) is 19.3 Å². The summed E-state index contributed by atoms with van der Waals surface area (Å²) in [6.07, 6.45) is 6.62. The van der Waals surface area contributed by atoms with Gasteiger partial charge >= 0.3 is 0 Å². The average molecular weight is 297 g/mol. The molecule has 0 aromatic carbocycles. The van der Waals surface area contributed by atoms with Crippen LogP contribution < -0.4 is 5.73 Å². The Morgan fingerprint density at radius 1 is 1.11 bits per heavy atom. The number of nitrogens with zero attached hydrogens (tertiary/aromatic N) is 1. The molecule has 0 radical (unpaired) electrons. The number of hydrogen-bond donors (Lipinski definition) is 1. The minimum absolute atomic E-state index is 0. The van der Waals surface area contributed by atoms with Crippen LogP contribution in [-0.4, -0.2) is 38.1 Å². The highest BCUT2D eigenvalue weighted by molar-refractivity contribution is 7.89. The molecule has 1 unspecified atom stereocenters. The fraction of sp³-hybridized carbons (Fsp3) is 1.00. The SMILES string of the molecule is Cl.NCC1CCCN(S(=O)(=O)CCC2CCC2)C1. The van der Waals surface area contributed by atoms with Gasteiger partial charge in [-0.25, -0.2) is 12.7 Å². The van der Waals surface area contributed by atoms with Gasteiger partial charge in [-0.1, -0.05) is 19.3 Å². The number of piperidine rings is 1. The molecule has 0 amide bonds. The maximum absolute atomic E-state index is 12.2. The van der Waals surface area contributed by atoms with Gasteiger partial charge in [0.05, 0.1) is 5.75 Å². The molecule has 18 heavy (non-hydrogen) atoms. The second-order valence-corrected chi connectivity index (χ2v) is 7.59. The minimum Gasteiger partial charge on any atom is -0.330 e. The van der Waals surface area contributed by atoms with E-state index in [0.29, 0.717) is 37.2 Å². The number of sulfonamides is 1. The maximum atomic E-state index is 12.2. The highest BCUT2D eigenvalue weighted by Gasteiger charge is 2.29. The highest BCUT2D eigenvalue weighted by Crippen LogP contribution is 2.30. The molecule has 2 fully saturated rings. The van der Waals surface area contributed by atoms with Gasteiger partial charge in [-0.15, -0.1) is 12.4 Å². The van der Waals surface area contributed by atoms with Crippen LogP contribution in [0.4, 0.5) is 0 Å². The first kappa shape index (κ1) is 16.2. The first-order chi connectivity index (χ1) is 8.12. The number of nitrogens with two attached hydrogens (primary N) is 1. The van der Waals surface area contributed by atoms with Crippen LogP contribution in [0.3, 0.4) is 0 Å². The Hall–Kier alpha value is 0.160. The van der Waals surface area contributed by atoms with E-state index in [1.807, 2.05) is 0 Å². The summed E-state index contributed by atoms with van der Waals surface area (Å²) >= 11 is 0. The Labute approximate surface area is 117 Å². The third-order valence-electron chi connectivity index (χ3n) is 4.22. The van der Waals surface area contributed by atoms with Crippen molar-refractivity contribution in [1.29, 1.82) is 0 Å². The lowest BCUT2D eigenvalue weighted by molar-refractivity contribution is 0.267. The Morgan fingerprint density at radius 3 is 2.33 bits per heavy atom. The van der Waals surface area contributed by atoms with Crippen molar-refractivity contribution in [2.75, 3.05) is 25.4 Å². The van der Waals surface area contributed by atoms with Crippen molar-refractivity contribution in [3.63, 3.8) is 0 Å². The van der Waals surface area contributed by atoms with Gasteiger partial charge in [0, 0.05) is 13.1 Å². The Kier molecular flexibility index (Phi) is 6.38. The standard InChI is InChI=1S/C12H24N2O2S.ClH/c13-9-12-5-2-7-14(10-12)17(15,16)8-6-11-3-1-4-11;/h11-12H,1-10,13H2;1H. The smallest absolute Gasteiger partial charge is 0.214 e. The lowest BCUT2D eigenvalue weighted by atomic mass is 9.84. The normalized spacial score (nSPS) is 26.4. The summed E-state index contributed by atoms with van der Waals surface area (Å²) in [5.41, 5.74) is 5.64. The van der Waals surface area contributed by atoms with Crippen LogP contribution in [0.5, 0.6) is 0 Å². The molecule has 1 heterocycles. The molecule has 1 saturated heterocycles. The Morgan fingerprint density at radius 2 is 1.78 bits per heavy atom. The molecule has 1 aliphatic carbocycles. The third-order valence-corrected chi connectivity index (χ3v) is 6.09. The average Bonchev–Trinajstić information content (AvgIpc) is 2.27. The van der Waals surface area contributed by atoms with E-state index in [-0.39, 0.29) is 12.4 Å². The number of hydrogen-bond acceptors (Lipinski definition) is 3. The monoisotopic (exact) mass is 296 g/mol. The molecule has 6 heteroatoms. The lowest BCUT2D eigenvalue weighted by Crippen LogP contribution is -2.43. The topological polar surface area (TPSA) is 63.4 Å². The maximum Gasteiger partial charge on any atom is 0.214 e. The van der Waals surface area contributed by atoms with E-state index >= 15 is 0 Å². The second-order valence-electron chi connectivity index (χ2n) is 5.50. The van der Waals surface area contributed by atoms with Crippen LogP contribution in [0, 0.1) is 11.8 Å². The molecule has 1 saturated carbocycles. The van der Waals surface area contributed by atoms with Gasteiger partial charge in [0.2, 0.25) is 10.0 Å². The first-order valence-corrected chi connectivity index (χ1v) is 8.40. The lowest BCUT2D eigenvalue weighted by Gasteiger charge is -2.32. The summed E-state index contributed by atoms with van der Waals surface area (Å²) in [6.45, 7) is 1.95. The molecule has 2 N–H and O–H groups in total. The van der Waals surface area contributed by atoms with Crippen molar-refractivity contribution < 1.29 is 8.42 Å². The summed E-state index contributed by atoms with van der Waals surface area (Å²) in [4.78, 5) is 0. The largest absolute Gasteiger partial charge is 0.330 e. The fourth-order valence-electron chi connectivity index (χ4n) is 2.70. The molecule has 0 aromatic heterocycles. The van der Waals surface area contributed by atoms with Crippen LogP contribution in [-0.2, 0) is 10.0 Å². The van der Waals surface area contributed by atoms with Crippen LogP contribution in [0.25, 0.3) is 0 Å². The van der Waals surface area contributed by atoms with Gasteiger partial charge in [0.1, 0.15) is 0 Å². The van der Waals surface area contributed by atoms with Gasteiger partial charge in [-0.3, -0.25) is 0 Å². The van der Waals surface area contributed by atoms with Crippen LogP contribution in [0.2, 0.25) is 0 Å². The molecule has 1 atom stereocenters. The van der Waals surface area contributed by atoms with E-state index in [1.54, 1.807) is 4.31 Å². The van der Waals surface area contributed by atoms with Crippen LogP contribution in [0.15, 0.2) is 0 Å². The zero-order chi connectivity index (χ0) is 12.3. The Balaban J connectivity index is 0.00000162. The molecule has 1 aliphatic heterocycles. The van der Waals surface area contributed by atoms with Crippen molar-refractivity contribution in [3.05, 3.63) is 0 Å². The van der Waals surface area contributed by atoms with Gasteiger partial charge < -0.3 is 5.73 Å². The molecule has 108 valence electrons. The molecule has 4 nitrogen and oxygen atoms in total. The van der Waals surface area contributed by atoms with Gasteiger partial charge in [0.25, 0.3) is 0 Å². The van der Waals surface area contributed by atoms with Gasteiger partial charge in [0.15, 0.2) is 0 Å². The van der Waals surface area contributed by atoms with Crippen molar-refractivity contribution >= 4 is 22.4 Å². The summed E-state index contributed by atoms with van der Waals surface area (Å²) in [5.74, 6) is 1.37. The summed E-state index contributed by atoms with van der Waals surface area (Å²) < 4.78 is 26.0. The van der Waals surface area contributed by atoms with Crippen molar-refractivity contribution in [2.24, 2.45) is 17.6 Å². The van der Waals surface area contributed by atoms with Crippen LogP contribution in [0.1, 0.15) is 38.5 Å². The minimum atomic E-state index is -3.02. The van der Waals surface area contributed by atoms with E-state index in [9.17, 15) is 8.42 Å². The van der Waals surface area contributed by atoms with E-state index in [2.05, 4.69) is 0 Å². The molecule has 2 rings (SSSR count). The van der Waals surface area contributed by atoms with Crippen molar-refractivity contribution in [2.45, 2.75) is 38.5 Å². The van der Waals surface area contributed by atoms with E-state index in [0.717, 1.165) is 19.3 Å². The van der Waals surface area contributed by atoms with Crippen molar-refractivity contribution in [3.8, 4) is 0 Å². The zero-order valence-electron chi connectivity index (χ0n) is 10.9. The predicted molar refractivity (Wildman–Crippen MR) is 76.3 cm³/mol. The fourth-order valence-corrected chi connectivity index (χ4v) is 4.43. The molecule has 0 aromatic rings. The van der Waals surface area contributed by atoms with Gasteiger partial charge in [-0.05, 0) is 37.6 Å².